The third kappa shape index (κ3) is 2.74. The van der Waals surface area contributed by atoms with Crippen LogP contribution < -0.4 is 0 Å². The molecule has 0 spiro atoms. The fraction of sp³-hybridized carbons (Fsp3) is 1.00. The van der Waals surface area contributed by atoms with E-state index < -0.39 is 0 Å². The molecule has 2 fully saturated rings. The van der Waals surface area contributed by atoms with Crippen molar-refractivity contribution in [3.8, 4) is 0 Å². The molecule has 0 nitrogen and oxygen atoms in total. The van der Waals surface area contributed by atoms with Gasteiger partial charge in [-0.05, 0) is 43.4 Å². The second-order valence-electron chi connectivity index (χ2n) is 5.33. The monoisotopic (exact) mass is 258 g/mol. The molecule has 0 unspecified atom stereocenters. The van der Waals surface area contributed by atoms with E-state index in [4.69, 9.17) is 0 Å². The van der Waals surface area contributed by atoms with Crippen LogP contribution >= 0.6 is 15.9 Å². The van der Waals surface area contributed by atoms with Crippen molar-refractivity contribution in [1.29, 1.82) is 0 Å². The van der Waals surface area contributed by atoms with Gasteiger partial charge < -0.3 is 0 Å². The molecule has 2 aliphatic rings. The van der Waals surface area contributed by atoms with Gasteiger partial charge >= 0.3 is 0 Å². The summed E-state index contributed by atoms with van der Waals surface area (Å²) in [5.74, 6) is 3.21. The van der Waals surface area contributed by atoms with Gasteiger partial charge in [-0.3, -0.25) is 0 Å². The number of hydrogen-bond acceptors (Lipinski definition) is 0. The zero-order chi connectivity index (χ0) is 9.80. The van der Waals surface area contributed by atoms with Crippen LogP contribution in [0.1, 0.15) is 57.8 Å². The van der Waals surface area contributed by atoms with E-state index in [2.05, 4.69) is 15.9 Å². The molecule has 0 heterocycles. The summed E-state index contributed by atoms with van der Waals surface area (Å²) in [5, 5.41) is 1.24. The Labute approximate surface area is 97.0 Å². The van der Waals surface area contributed by atoms with Crippen molar-refractivity contribution in [3.63, 3.8) is 0 Å². The Hall–Kier alpha value is 0.480. The number of hydrogen-bond donors (Lipinski definition) is 0. The second-order valence-corrected chi connectivity index (χ2v) is 5.98. The van der Waals surface area contributed by atoms with E-state index in [1.807, 2.05) is 0 Å². The van der Waals surface area contributed by atoms with Crippen LogP contribution in [0.3, 0.4) is 0 Å². The summed E-state index contributed by atoms with van der Waals surface area (Å²) in [5.41, 5.74) is 0. The van der Waals surface area contributed by atoms with Gasteiger partial charge in [-0.25, -0.2) is 0 Å². The number of alkyl halides is 1. The van der Waals surface area contributed by atoms with Gasteiger partial charge in [0.15, 0.2) is 0 Å². The molecular weight excluding hydrogens is 236 g/mol. The maximum absolute atomic E-state index is 3.63. The maximum atomic E-state index is 3.63. The summed E-state index contributed by atoms with van der Waals surface area (Å²) >= 11 is 3.63. The zero-order valence-electron chi connectivity index (χ0n) is 9.18. The summed E-state index contributed by atoms with van der Waals surface area (Å²) in [6.07, 6.45) is 13.7. The lowest BCUT2D eigenvalue weighted by molar-refractivity contribution is 0.174. The molecule has 2 rings (SSSR count). The summed E-state index contributed by atoms with van der Waals surface area (Å²) < 4.78 is 0. The van der Waals surface area contributed by atoms with E-state index in [9.17, 15) is 0 Å². The minimum atomic E-state index is 0.995. The highest BCUT2D eigenvalue weighted by Crippen LogP contribution is 2.40. The van der Waals surface area contributed by atoms with Gasteiger partial charge in [0.2, 0.25) is 0 Å². The first-order chi connectivity index (χ1) is 6.90. The van der Waals surface area contributed by atoms with E-state index >= 15 is 0 Å². The Kier molecular flexibility index (Phi) is 4.34. The molecule has 2 aliphatic carbocycles. The second kappa shape index (κ2) is 5.53. The summed E-state index contributed by atoms with van der Waals surface area (Å²) in [6.45, 7) is 0. The Morgan fingerprint density at radius 3 is 1.86 bits per heavy atom. The minimum absolute atomic E-state index is 0.995. The molecule has 0 aromatic heterocycles. The quantitative estimate of drug-likeness (QED) is 0.627. The summed E-state index contributed by atoms with van der Waals surface area (Å²) in [4.78, 5) is 0. The van der Waals surface area contributed by atoms with Crippen molar-refractivity contribution in [2.45, 2.75) is 57.8 Å². The topological polar surface area (TPSA) is 0 Å². The van der Waals surface area contributed by atoms with E-state index in [0.717, 1.165) is 17.8 Å². The first-order valence-corrected chi connectivity index (χ1v) is 7.58. The molecule has 0 aromatic rings. The van der Waals surface area contributed by atoms with Crippen LogP contribution in [-0.4, -0.2) is 5.33 Å². The molecule has 0 radical (unpaired) electrons. The Morgan fingerprint density at radius 2 is 1.29 bits per heavy atom. The van der Waals surface area contributed by atoms with E-state index in [1.54, 1.807) is 12.8 Å². The Balaban J connectivity index is 1.76. The summed E-state index contributed by atoms with van der Waals surface area (Å²) in [7, 11) is 0. The van der Waals surface area contributed by atoms with Crippen LogP contribution in [0.25, 0.3) is 0 Å². The molecule has 0 N–H and O–H groups in total. The lowest BCUT2D eigenvalue weighted by Crippen LogP contribution is -2.24. The van der Waals surface area contributed by atoms with Gasteiger partial charge in [0.1, 0.15) is 0 Å². The smallest absolute Gasteiger partial charge is 0.00596 e. The fourth-order valence-corrected chi connectivity index (χ4v) is 4.07. The van der Waals surface area contributed by atoms with Crippen molar-refractivity contribution in [3.05, 3.63) is 0 Å². The molecule has 0 atom stereocenters. The van der Waals surface area contributed by atoms with E-state index in [0.29, 0.717) is 0 Å². The van der Waals surface area contributed by atoms with Crippen molar-refractivity contribution in [1.82, 2.24) is 0 Å². The highest BCUT2D eigenvalue weighted by molar-refractivity contribution is 9.09. The molecule has 2 saturated carbocycles. The van der Waals surface area contributed by atoms with E-state index in [-0.39, 0.29) is 0 Å². The Bertz CT molecular complexity index is 153. The molecule has 0 aromatic carbocycles. The fourth-order valence-electron chi connectivity index (χ4n) is 3.42. The zero-order valence-corrected chi connectivity index (χ0v) is 10.8. The van der Waals surface area contributed by atoms with Gasteiger partial charge in [0, 0.05) is 5.33 Å². The Morgan fingerprint density at radius 1 is 0.714 bits per heavy atom. The molecular formula is C13H23Br. The van der Waals surface area contributed by atoms with Crippen LogP contribution in [0, 0.1) is 17.8 Å². The van der Waals surface area contributed by atoms with Crippen LogP contribution in [0.2, 0.25) is 0 Å². The first-order valence-electron chi connectivity index (χ1n) is 6.46. The largest absolute Gasteiger partial charge is 0.0925 e. The van der Waals surface area contributed by atoms with Gasteiger partial charge in [-0.15, -0.1) is 0 Å². The predicted octanol–water partition coefficient (Wildman–Crippen LogP) is 4.77. The highest BCUT2D eigenvalue weighted by Gasteiger charge is 2.27. The predicted molar refractivity (Wildman–Crippen MR) is 65.8 cm³/mol. The van der Waals surface area contributed by atoms with Gasteiger partial charge in [0.25, 0.3) is 0 Å². The average Bonchev–Trinajstić information content (AvgIpc) is 2.30. The third-order valence-corrected chi connectivity index (χ3v) is 5.34. The van der Waals surface area contributed by atoms with Crippen molar-refractivity contribution >= 4 is 15.9 Å². The van der Waals surface area contributed by atoms with Gasteiger partial charge in [-0.2, -0.15) is 0 Å². The summed E-state index contributed by atoms with van der Waals surface area (Å²) in [6, 6.07) is 0. The lowest BCUT2D eigenvalue weighted by atomic mass is 9.71. The van der Waals surface area contributed by atoms with Crippen LogP contribution in [0.4, 0.5) is 0 Å². The molecule has 1 heteroatoms. The standard InChI is InChI=1S/C13H23Br/c14-10-11-6-8-13(9-7-11)12-4-2-1-3-5-12/h11-13H,1-10H2. The highest BCUT2D eigenvalue weighted by atomic mass is 79.9. The third-order valence-electron chi connectivity index (χ3n) is 4.43. The van der Waals surface area contributed by atoms with Crippen LogP contribution in [-0.2, 0) is 0 Å². The van der Waals surface area contributed by atoms with Crippen molar-refractivity contribution < 1.29 is 0 Å². The maximum Gasteiger partial charge on any atom is 0.00596 e. The average molecular weight is 259 g/mol. The molecule has 82 valence electrons. The first kappa shape index (κ1) is 11.0. The molecule has 0 aliphatic heterocycles. The van der Waals surface area contributed by atoms with Crippen LogP contribution in [0.5, 0.6) is 0 Å². The van der Waals surface area contributed by atoms with Crippen molar-refractivity contribution in [2.75, 3.05) is 5.33 Å². The number of rotatable bonds is 2. The van der Waals surface area contributed by atoms with E-state index in [1.165, 1.54) is 50.3 Å². The van der Waals surface area contributed by atoms with Crippen molar-refractivity contribution in [2.24, 2.45) is 17.8 Å². The molecule has 0 amide bonds. The molecule has 14 heavy (non-hydrogen) atoms. The molecule has 0 bridgehead atoms. The molecule has 0 saturated heterocycles. The number of halogens is 1. The van der Waals surface area contributed by atoms with Gasteiger partial charge in [-0.1, -0.05) is 48.0 Å². The normalized spacial score (nSPS) is 35.8. The SMILES string of the molecule is BrCC1CCC(C2CCCCC2)CC1. The van der Waals surface area contributed by atoms with Gasteiger partial charge in [0.05, 0.1) is 0 Å². The minimum Gasteiger partial charge on any atom is -0.0925 e. The van der Waals surface area contributed by atoms with Crippen LogP contribution in [0.15, 0.2) is 0 Å². The lowest BCUT2D eigenvalue weighted by Gasteiger charge is -2.35.